The molecule has 118 valence electrons. The highest BCUT2D eigenvalue weighted by atomic mass is 32.1. The standard InChI is InChI=1S/C16H16N4O2S/c1-12-11-23-16(22)19(12)10-15(21)17-9-13-3-5-14(6-4-13)20-8-2-7-18-20/h2-8,11H,9-10H2,1H3,(H,17,21). The summed E-state index contributed by atoms with van der Waals surface area (Å²) in [6.45, 7) is 2.30. The number of carbonyl (C=O) groups excluding carboxylic acids is 1. The fourth-order valence-electron chi connectivity index (χ4n) is 2.18. The summed E-state index contributed by atoms with van der Waals surface area (Å²) in [5.74, 6) is -0.176. The largest absolute Gasteiger partial charge is 0.350 e. The molecule has 3 rings (SSSR count). The zero-order chi connectivity index (χ0) is 16.2. The van der Waals surface area contributed by atoms with Gasteiger partial charge in [-0.25, -0.2) is 4.68 Å². The molecule has 1 amide bonds. The van der Waals surface area contributed by atoms with E-state index in [1.54, 1.807) is 16.3 Å². The number of thiazole rings is 1. The van der Waals surface area contributed by atoms with Crippen molar-refractivity contribution in [2.75, 3.05) is 0 Å². The summed E-state index contributed by atoms with van der Waals surface area (Å²) in [5.41, 5.74) is 2.76. The molecule has 1 N–H and O–H groups in total. The maximum Gasteiger partial charge on any atom is 0.307 e. The van der Waals surface area contributed by atoms with E-state index in [0.29, 0.717) is 6.54 Å². The van der Waals surface area contributed by atoms with Gasteiger partial charge in [0.25, 0.3) is 0 Å². The Morgan fingerprint density at radius 3 is 2.70 bits per heavy atom. The van der Waals surface area contributed by atoms with Crippen molar-refractivity contribution in [3.8, 4) is 5.69 Å². The second-order valence-electron chi connectivity index (χ2n) is 5.12. The number of aromatic nitrogens is 3. The van der Waals surface area contributed by atoms with Crippen LogP contribution >= 0.6 is 11.3 Å². The van der Waals surface area contributed by atoms with Crippen LogP contribution in [0.25, 0.3) is 5.69 Å². The first-order valence-electron chi connectivity index (χ1n) is 7.14. The molecule has 0 saturated carbocycles. The van der Waals surface area contributed by atoms with E-state index in [9.17, 15) is 9.59 Å². The van der Waals surface area contributed by atoms with Gasteiger partial charge in [-0.05, 0) is 30.7 Å². The van der Waals surface area contributed by atoms with E-state index in [-0.39, 0.29) is 17.3 Å². The summed E-state index contributed by atoms with van der Waals surface area (Å²) in [7, 11) is 0. The molecular weight excluding hydrogens is 312 g/mol. The van der Waals surface area contributed by atoms with Crippen molar-refractivity contribution >= 4 is 17.2 Å². The Bertz CT molecular complexity index is 847. The van der Waals surface area contributed by atoms with Gasteiger partial charge in [-0.15, -0.1) is 0 Å². The van der Waals surface area contributed by atoms with Crippen molar-refractivity contribution in [1.82, 2.24) is 19.7 Å². The molecule has 0 aliphatic carbocycles. The Kier molecular flexibility index (Phi) is 4.38. The van der Waals surface area contributed by atoms with Crippen molar-refractivity contribution in [1.29, 1.82) is 0 Å². The lowest BCUT2D eigenvalue weighted by Crippen LogP contribution is -2.30. The molecular formula is C16H16N4O2S. The van der Waals surface area contributed by atoms with E-state index in [0.717, 1.165) is 28.3 Å². The lowest BCUT2D eigenvalue weighted by molar-refractivity contribution is -0.121. The van der Waals surface area contributed by atoms with E-state index in [1.807, 2.05) is 43.5 Å². The van der Waals surface area contributed by atoms with Crippen LogP contribution in [0.5, 0.6) is 0 Å². The molecule has 0 aliphatic heterocycles. The summed E-state index contributed by atoms with van der Waals surface area (Å²) in [5, 5.41) is 8.75. The van der Waals surface area contributed by atoms with Crippen LogP contribution in [0.3, 0.4) is 0 Å². The van der Waals surface area contributed by atoms with Crippen LogP contribution in [0, 0.1) is 6.92 Å². The van der Waals surface area contributed by atoms with Gasteiger partial charge in [0.05, 0.1) is 5.69 Å². The van der Waals surface area contributed by atoms with E-state index in [2.05, 4.69) is 10.4 Å². The third kappa shape index (κ3) is 3.57. The molecule has 0 spiro atoms. The molecule has 0 saturated heterocycles. The second-order valence-corrected chi connectivity index (χ2v) is 5.94. The summed E-state index contributed by atoms with van der Waals surface area (Å²) < 4.78 is 3.24. The van der Waals surface area contributed by atoms with Gasteiger partial charge in [0.1, 0.15) is 6.54 Å². The maximum absolute atomic E-state index is 12.0. The first-order chi connectivity index (χ1) is 11.1. The molecule has 23 heavy (non-hydrogen) atoms. The molecule has 0 radical (unpaired) electrons. The number of nitrogens with zero attached hydrogens (tertiary/aromatic N) is 3. The quantitative estimate of drug-likeness (QED) is 0.775. The predicted octanol–water partition coefficient (Wildman–Crippen LogP) is 1.72. The summed E-state index contributed by atoms with van der Waals surface area (Å²) in [6.07, 6.45) is 3.60. The van der Waals surface area contributed by atoms with E-state index < -0.39 is 0 Å². The van der Waals surface area contributed by atoms with Crippen molar-refractivity contribution < 1.29 is 4.79 Å². The van der Waals surface area contributed by atoms with E-state index in [4.69, 9.17) is 0 Å². The SMILES string of the molecule is Cc1csc(=O)n1CC(=O)NCc1ccc(-n2cccn2)cc1. The zero-order valence-corrected chi connectivity index (χ0v) is 13.4. The number of benzene rings is 1. The number of rotatable bonds is 5. The Labute approximate surface area is 137 Å². The Morgan fingerprint density at radius 1 is 1.30 bits per heavy atom. The van der Waals surface area contributed by atoms with Crippen LogP contribution in [0.15, 0.2) is 52.9 Å². The molecule has 0 bridgehead atoms. The lowest BCUT2D eigenvalue weighted by Gasteiger charge is -2.08. The minimum absolute atomic E-state index is 0.0551. The van der Waals surface area contributed by atoms with Gasteiger partial charge >= 0.3 is 4.87 Å². The molecule has 0 unspecified atom stereocenters. The number of hydrogen-bond acceptors (Lipinski definition) is 4. The third-order valence-electron chi connectivity index (χ3n) is 3.47. The van der Waals surface area contributed by atoms with Gasteiger partial charge in [-0.2, -0.15) is 5.10 Å². The average Bonchev–Trinajstić information content (AvgIpc) is 3.19. The fraction of sp³-hybridized carbons (Fsp3) is 0.188. The number of hydrogen-bond donors (Lipinski definition) is 1. The van der Waals surface area contributed by atoms with E-state index >= 15 is 0 Å². The molecule has 3 aromatic rings. The van der Waals surface area contributed by atoms with E-state index in [1.165, 1.54) is 4.57 Å². The van der Waals surface area contributed by atoms with Crippen molar-refractivity contribution in [2.24, 2.45) is 0 Å². The van der Waals surface area contributed by atoms with Crippen molar-refractivity contribution in [3.05, 3.63) is 69.0 Å². The molecule has 2 aromatic heterocycles. The summed E-state index contributed by atoms with van der Waals surface area (Å²) in [4.78, 5) is 23.4. The Morgan fingerprint density at radius 2 is 2.09 bits per heavy atom. The molecule has 7 heteroatoms. The van der Waals surface area contributed by atoms with Crippen LogP contribution in [0.4, 0.5) is 0 Å². The highest BCUT2D eigenvalue weighted by Gasteiger charge is 2.08. The van der Waals surface area contributed by atoms with Crippen LogP contribution in [0.2, 0.25) is 0 Å². The number of amides is 1. The van der Waals surface area contributed by atoms with Gasteiger partial charge in [-0.1, -0.05) is 23.5 Å². The van der Waals surface area contributed by atoms with Crippen LogP contribution in [-0.2, 0) is 17.9 Å². The Hall–Kier alpha value is -2.67. The zero-order valence-electron chi connectivity index (χ0n) is 12.6. The maximum atomic E-state index is 12.0. The number of nitrogens with one attached hydrogen (secondary N) is 1. The Balaban J connectivity index is 1.58. The van der Waals surface area contributed by atoms with Gasteiger partial charge in [0.15, 0.2) is 0 Å². The summed E-state index contributed by atoms with van der Waals surface area (Å²) >= 11 is 1.11. The first kappa shape index (κ1) is 15.2. The number of carbonyl (C=O) groups is 1. The monoisotopic (exact) mass is 328 g/mol. The molecule has 0 atom stereocenters. The smallest absolute Gasteiger partial charge is 0.307 e. The van der Waals surface area contributed by atoms with Crippen LogP contribution in [-0.4, -0.2) is 20.3 Å². The molecule has 1 aromatic carbocycles. The second kappa shape index (κ2) is 6.62. The van der Waals surface area contributed by atoms with Crippen molar-refractivity contribution in [3.63, 3.8) is 0 Å². The average molecular weight is 328 g/mol. The molecule has 6 nitrogen and oxygen atoms in total. The number of aryl methyl sites for hydroxylation is 1. The minimum Gasteiger partial charge on any atom is -0.350 e. The van der Waals surface area contributed by atoms with Crippen LogP contribution < -0.4 is 10.2 Å². The lowest BCUT2D eigenvalue weighted by atomic mass is 10.2. The summed E-state index contributed by atoms with van der Waals surface area (Å²) in [6, 6.07) is 9.64. The van der Waals surface area contributed by atoms with Gasteiger partial charge in [0, 0.05) is 30.0 Å². The molecule has 0 aliphatic rings. The molecule has 0 fully saturated rings. The minimum atomic E-state index is -0.176. The fourth-order valence-corrected chi connectivity index (χ4v) is 2.92. The van der Waals surface area contributed by atoms with Crippen molar-refractivity contribution in [2.45, 2.75) is 20.0 Å². The highest BCUT2D eigenvalue weighted by Crippen LogP contribution is 2.08. The molecule has 2 heterocycles. The van der Waals surface area contributed by atoms with Crippen LogP contribution in [0.1, 0.15) is 11.3 Å². The van der Waals surface area contributed by atoms with Gasteiger partial charge < -0.3 is 5.32 Å². The predicted molar refractivity (Wildman–Crippen MR) is 88.7 cm³/mol. The third-order valence-corrected chi connectivity index (χ3v) is 4.35. The normalized spacial score (nSPS) is 10.7. The van der Waals surface area contributed by atoms with Gasteiger partial charge in [0.2, 0.25) is 5.91 Å². The first-order valence-corrected chi connectivity index (χ1v) is 8.02. The topological polar surface area (TPSA) is 68.9 Å². The highest BCUT2D eigenvalue weighted by molar-refractivity contribution is 7.07. The van der Waals surface area contributed by atoms with Gasteiger partial charge in [-0.3, -0.25) is 14.2 Å².